The third kappa shape index (κ3) is 3.77. The first kappa shape index (κ1) is 18.2. The number of likely N-dealkylation sites (tertiary alicyclic amines) is 1. The fourth-order valence-electron chi connectivity index (χ4n) is 3.59. The minimum atomic E-state index is -0.756. The van der Waals surface area contributed by atoms with Gasteiger partial charge in [0.2, 0.25) is 0 Å². The third-order valence-electron chi connectivity index (χ3n) is 4.99. The van der Waals surface area contributed by atoms with E-state index in [1.807, 2.05) is 12.1 Å². The molecular weight excluding hydrogens is 361 g/mol. The second-order valence-corrected chi connectivity index (χ2v) is 6.92. The topological polar surface area (TPSA) is 84.1 Å². The first-order valence-electron chi connectivity index (χ1n) is 9.18. The molecule has 1 unspecified atom stereocenters. The van der Waals surface area contributed by atoms with Crippen LogP contribution < -0.4 is 0 Å². The summed E-state index contributed by atoms with van der Waals surface area (Å²) in [5.74, 6) is -1.43. The molecule has 3 heterocycles. The number of pyridine rings is 1. The second-order valence-electron chi connectivity index (χ2n) is 6.92. The summed E-state index contributed by atoms with van der Waals surface area (Å²) in [6.45, 7) is 1.82. The number of aromatic nitrogens is 4. The van der Waals surface area contributed by atoms with E-state index in [0.29, 0.717) is 25.2 Å². The number of aliphatic carboxylic acids is 1. The van der Waals surface area contributed by atoms with Crippen LogP contribution in [0.15, 0.2) is 48.8 Å². The van der Waals surface area contributed by atoms with E-state index in [4.69, 9.17) is 0 Å². The van der Waals surface area contributed by atoms with E-state index >= 15 is 0 Å². The zero-order valence-corrected chi connectivity index (χ0v) is 15.2. The molecule has 0 radical (unpaired) electrons. The third-order valence-corrected chi connectivity index (χ3v) is 4.99. The quantitative estimate of drug-likeness (QED) is 0.732. The van der Waals surface area contributed by atoms with Gasteiger partial charge in [0.15, 0.2) is 0 Å². The first-order valence-corrected chi connectivity index (χ1v) is 9.18. The average Bonchev–Trinajstić information content (AvgIpc) is 3.13. The number of carboxylic acids is 1. The molecule has 2 aromatic heterocycles. The summed E-state index contributed by atoms with van der Waals surface area (Å²) < 4.78 is 15.0. The lowest BCUT2D eigenvalue weighted by Gasteiger charge is -2.30. The minimum absolute atomic E-state index is 0.317. The van der Waals surface area contributed by atoms with Gasteiger partial charge in [-0.3, -0.25) is 14.7 Å². The molecule has 8 heteroatoms. The number of hydrogen-bond donors (Lipinski definition) is 1. The fourth-order valence-corrected chi connectivity index (χ4v) is 3.59. The molecule has 1 fully saturated rings. The standard InChI is InChI=1S/C20H20FN5O2/c21-16-3-5-17(6-4-16)26-19(14-7-9-22-10-8-14)18(23-24-26)13-25-11-1-2-15(12-25)20(27)28/h3-10,15H,1-2,11-13H2,(H,27,28). The number of halogens is 1. The van der Waals surface area contributed by atoms with Crippen molar-refractivity contribution < 1.29 is 14.3 Å². The van der Waals surface area contributed by atoms with Gasteiger partial charge < -0.3 is 5.11 Å². The van der Waals surface area contributed by atoms with Gasteiger partial charge in [-0.2, -0.15) is 0 Å². The summed E-state index contributed by atoms with van der Waals surface area (Å²) >= 11 is 0. The molecule has 7 nitrogen and oxygen atoms in total. The number of carbonyl (C=O) groups is 1. The van der Waals surface area contributed by atoms with Gasteiger partial charge in [0.25, 0.3) is 0 Å². The highest BCUT2D eigenvalue weighted by atomic mass is 19.1. The lowest BCUT2D eigenvalue weighted by molar-refractivity contribution is -0.143. The Bertz CT molecular complexity index is 958. The average molecular weight is 381 g/mol. The van der Waals surface area contributed by atoms with Gasteiger partial charge in [-0.05, 0) is 55.8 Å². The number of nitrogens with zero attached hydrogens (tertiary/aromatic N) is 5. The number of carboxylic acid groups (broad SMARTS) is 1. The highest BCUT2D eigenvalue weighted by Gasteiger charge is 2.27. The lowest BCUT2D eigenvalue weighted by atomic mass is 9.98. The van der Waals surface area contributed by atoms with Gasteiger partial charge in [0.05, 0.1) is 17.3 Å². The van der Waals surface area contributed by atoms with Crippen LogP contribution in [0, 0.1) is 11.7 Å². The Morgan fingerprint density at radius 2 is 1.93 bits per heavy atom. The Balaban J connectivity index is 1.69. The van der Waals surface area contributed by atoms with Crippen LogP contribution in [-0.2, 0) is 11.3 Å². The van der Waals surface area contributed by atoms with Crippen molar-refractivity contribution >= 4 is 5.97 Å². The van der Waals surface area contributed by atoms with Crippen LogP contribution in [0.2, 0.25) is 0 Å². The van der Waals surface area contributed by atoms with Gasteiger partial charge in [-0.1, -0.05) is 5.21 Å². The lowest BCUT2D eigenvalue weighted by Crippen LogP contribution is -2.38. The maximum absolute atomic E-state index is 13.3. The van der Waals surface area contributed by atoms with E-state index in [1.54, 1.807) is 29.2 Å². The Morgan fingerprint density at radius 1 is 1.18 bits per heavy atom. The van der Waals surface area contributed by atoms with E-state index < -0.39 is 5.97 Å². The predicted octanol–water partition coefficient (Wildman–Crippen LogP) is 2.77. The summed E-state index contributed by atoms with van der Waals surface area (Å²) in [7, 11) is 0. The number of piperidine rings is 1. The van der Waals surface area contributed by atoms with E-state index in [2.05, 4.69) is 20.2 Å². The van der Waals surface area contributed by atoms with Crippen LogP contribution in [0.5, 0.6) is 0 Å². The summed E-state index contributed by atoms with van der Waals surface area (Å²) in [5, 5.41) is 18.0. The molecule has 4 rings (SSSR count). The molecule has 0 spiro atoms. The van der Waals surface area contributed by atoms with Crippen molar-refractivity contribution in [1.82, 2.24) is 24.9 Å². The Morgan fingerprint density at radius 3 is 2.64 bits per heavy atom. The molecule has 1 atom stereocenters. The molecule has 1 aliphatic heterocycles. The second kappa shape index (κ2) is 7.85. The molecule has 144 valence electrons. The summed E-state index contributed by atoms with van der Waals surface area (Å²) in [5.41, 5.74) is 3.15. The van der Waals surface area contributed by atoms with E-state index in [0.717, 1.165) is 29.9 Å². The van der Waals surface area contributed by atoms with Crippen LogP contribution in [-0.4, -0.2) is 49.0 Å². The normalized spacial score (nSPS) is 17.5. The molecule has 0 bridgehead atoms. The summed E-state index contributed by atoms with van der Waals surface area (Å²) in [6.07, 6.45) is 4.93. The van der Waals surface area contributed by atoms with Crippen LogP contribution in [0.25, 0.3) is 16.9 Å². The van der Waals surface area contributed by atoms with Gasteiger partial charge in [-0.25, -0.2) is 9.07 Å². The van der Waals surface area contributed by atoms with Crippen LogP contribution >= 0.6 is 0 Å². The van der Waals surface area contributed by atoms with Crippen LogP contribution in [0.1, 0.15) is 18.5 Å². The van der Waals surface area contributed by atoms with Crippen molar-refractivity contribution in [3.63, 3.8) is 0 Å². The SMILES string of the molecule is O=C(O)C1CCCN(Cc2nnn(-c3ccc(F)cc3)c2-c2ccncc2)C1. The minimum Gasteiger partial charge on any atom is -0.481 e. The summed E-state index contributed by atoms with van der Waals surface area (Å²) in [4.78, 5) is 17.5. The Hall–Kier alpha value is -3.13. The van der Waals surface area contributed by atoms with Crippen molar-refractivity contribution in [3.05, 3.63) is 60.3 Å². The molecule has 1 saturated heterocycles. The monoisotopic (exact) mass is 381 g/mol. The Kier molecular flexibility index (Phi) is 5.12. The van der Waals surface area contributed by atoms with Crippen molar-refractivity contribution in [1.29, 1.82) is 0 Å². The maximum Gasteiger partial charge on any atom is 0.307 e. The van der Waals surface area contributed by atoms with E-state index in [1.165, 1.54) is 12.1 Å². The molecule has 1 aliphatic rings. The van der Waals surface area contributed by atoms with Gasteiger partial charge in [-0.15, -0.1) is 5.10 Å². The zero-order chi connectivity index (χ0) is 19.5. The maximum atomic E-state index is 13.3. The van der Waals surface area contributed by atoms with Crippen molar-refractivity contribution in [2.75, 3.05) is 13.1 Å². The van der Waals surface area contributed by atoms with E-state index in [9.17, 15) is 14.3 Å². The highest BCUT2D eigenvalue weighted by molar-refractivity contribution is 5.70. The van der Waals surface area contributed by atoms with Crippen molar-refractivity contribution in [2.45, 2.75) is 19.4 Å². The molecule has 0 amide bonds. The highest BCUT2D eigenvalue weighted by Crippen LogP contribution is 2.27. The molecule has 3 aromatic rings. The number of hydrogen-bond acceptors (Lipinski definition) is 5. The van der Waals surface area contributed by atoms with Crippen LogP contribution in [0.4, 0.5) is 4.39 Å². The van der Waals surface area contributed by atoms with Gasteiger partial charge in [0, 0.05) is 31.0 Å². The molecular formula is C20H20FN5O2. The Labute approximate surface area is 161 Å². The molecule has 0 aliphatic carbocycles. The first-order chi connectivity index (χ1) is 13.6. The molecule has 0 saturated carbocycles. The zero-order valence-electron chi connectivity index (χ0n) is 15.2. The van der Waals surface area contributed by atoms with E-state index in [-0.39, 0.29) is 11.7 Å². The molecule has 28 heavy (non-hydrogen) atoms. The smallest absolute Gasteiger partial charge is 0.307 e. The summed E-state index contributed by atoms with van der Waals surface area (Å²) in [6, 6.07) is 9.82. The largest absolute Gasteiger partial charge is 0.481 e. The number of rotatable bonds is 5. The predicted molar refractivity (Wildman–Crippen MR) is 100 cm³/mol. The number of benzene rings is 1. The molecule has 1 aromatic carbocycles. The van der Waals surface area contributed by atoms with Gasteiger partial charge >= 0.3 is 5.97 Å². The van der Waals surface area contributed by atoms with Crippen molar-refractivity contribution in [2.24, 2.45) is 5.92 Å². The molecule has 1 N–H and O–H groups in total. The van der Waals surface area contributed by atoms with Crippen LogP contribution in [0.3, 0.4) is 0 Å². The van der Waals surface area contributed by atoms with Gasteiger partial charge in [0.1, 0.15) is 11.5 Å². The fraction of sp³-hybridized carbons (Fsp3) is 0.300. The van der Waals surface area contributed by atoms with Crippen molar-refractivity contribution in [3.8, 4) is 16.9 Å².